The second kappa shape index (κ2) is 8.91. The first kappa shape index (κ1) is 19.9. The first-order valence-corrected chi connectivity index (χ1v) is 9.90. The van der Waals surface area contributed by atoms with Gasteiger partial charge < -0.3 is 10.0 Å². The van der Waals surface area contributed by atoms with Gasteiger partial charge in [0, 0.05) is 23.0 Å². The largest absolute Gasteiger partial charge is 0.478 e. The topological polar surface area (TPSA) is 69.6 Å². The average Bonchev–Trinajstić information content (AvgIpc) is 3.11. The summed E-state index contributed by atoms with van der Waals surface area (Å²) in [6, 6.07) is 18.0. The molecule has 2 N–H and O–H groups in total. The molecule has 0 aliphatic rings. The SMILES string of the molecule is CCN(Cc1ccccc1)C(=O)Nc1sc(-c2ccc(Cl)cc2)cc1C(=O)O. The molecule has 0 bridgehead atoms. The predicted octanol–water partition coefficient (Wildman–Crippen LogP) is 5.82. The van der Waals surface area contributed by atoms with E-state index in [1.165, 1.54) is 11.3 Å². The van der Waals surface area contributed by atoms with Gasteiger partial charge in [-0.05, 0) is 36.2 Å². The summed E-state index contributed by atoms with van der Waals surface area (Å²) in [5.41, 5.74) is 1.92. The van der Waals surface area contributed by atoms with Gasteiger partial charge in [0.05, 0.1) is 5.56 Å². The quantitative estimate of drug-likeness (QED) is 0.533. The summed E-state index contributed by atoms with van der Waals surface area (Å²) in [4.78, 5) is 26.8. The molecule has 0 spiro atoms. The maximum Gasteiger partial charge on any atom is 0.338 e. The number of carbonyl (C=O) groups excluding carboxylic acids is 1. The van der Waals surface area contributed by atoms with Crippen molar-refractivity contribution >= 4 is 39.9 Å². The number of carbonyl (C=O) groups is 2. The van der Waals surface area contributed by atoms with Crippen molar-refractivity contribution in [1.29, 1.82) is 0 Å². The number of anilines is 1. The van der Waals surface area contributed by atoms with Crippen molar-refractivity contribution in [3.8, 4) is 10.4 Å². The van der Waals surface area contributed by atoms with E-state index in [2.05, 4.69) is 5.32 Å². The molecule has 0 aliphatic heterocycles. The Morgan fingerprint density at radius 3 is 2.39 bits per heavy atom. The van der Waals surface area contributed by atoms with Crippen molar-refractivity contribution in [2.75, 3.05) is 11.9 Å². The number of hydrogen-bond acceptors (Lipinski definition) is 3. The van der Waals surface area contributed by atoms with Gasteiger partial charge >= 0.3 is 12.0 Å². The molecule has 0 aliphatic carbocycles. The van der Waals surface area contributed by atoms with Crippen LogP contribution < -0.4 is 5.32 Å². The summed E-state index contributed by atoms with van der Waals surface area (Å²) in [6.07, 6.45) is 0. The molecular weight excluding hydrogens is 396 g/mol. The van der Waals surface area contributed by atoms with Crippen LogP contribution in [-0.2, 0) is 6.54 Å². The molecule has 0 saturated heterocycles. The summed E-state index contributed by atoms with van der Waals surface area (Å²) in [5.74, 6) is -1.09. The van der Waals surface area contributed by atoms with Gasteiger partial charge in [0.15, 0.2) is 0 Å². The van der Waals surface area contributed by atoms with Gasteiger partial charge in [-0.3, -0.25) is 5.32 Å². The fraction of sp³-hybridized carbons (Fsp3) is 0.143. The van der Waals surface area contributed by atoms with Gasteiger partial charge in [-0.2, -0.15) is 0 Å². The van der Waals surface area contributed by atoms with E-state index < -0.39 is 5.97 Å². The van der Waals surface area contributed by atoms with Crippen LogP contribution in [0.15, 0.2) is 60.7 Å². The second-order valence-electron chi connectivity index (χ2n) is 6.10. The number of aromatic carboxylic acids is 1. The van der Waals surface area contributed by atoms with Crippen molar-refractivity contribution in [2.45, 2.75) is 13.5 Å². The van der Waals surface area contributed by atoms with Crippen molar-refractivity contribution < 1.29 is 14.7 Å². The zero-order chi connectivity index (χ0) is 20.1. The number of carboxylic acids is 1. The molecule has 1 heterocycles. The molecule has 0 unspecified atom stereocenters. The van der Waals surface area contributed by atoms with Crippen molar-refractivity contribution in [2.24, 2.45) is 0 Å². The molecule has 0 atom stereocenters. The Morgan fingerprint density at radius 2 is 1.79 bits per heavy atom. The maximum absolute atomic E-state index is 12.7. The van der Waals surface area contributed by atoms with Crippen molar-refractivity contribution in [1.82, 2.24) is 4.90 Å². The highest BCUT2D eigenvalue weighted by atomic mass is 35.5. The van der Waals surface area contributed by atoms with Crippen LogP contribution in [-0.4, -0.2) is 28.6 Å². The summed E-state index contributed by atoms with van der Waals surface area (Å²) in [5, 5.41) is 13.2. The Kier molecular flexibility index (Phi) is 6.34. The van der Waals surface area contributed by atoms with Crippen LogP contribution in [0.4, 0.5) is 9.80 Å². The highest BCUT2D eigenvalue weighted by Crippen LogP contribution is 2.36. The lowest BCUT2D eigenvalue weighted by Gasteiger charge is -2.21. The predicted molar refractivity (Wildman–Crippen MR) is 113 cm³/mol. The average molecular weight is 415 g/mol. The van der Waals surface area contributed by atoms with Gasteiger partial charge in [0.25, 0.3) is 0 Å². The van der Waals surface area contributed by atoms with E-state index in [9.17, 15) is 14.7 Å². The fourth-order valence-corrected chi connectivity index (χ4v) is 3.88. The molecule has 7 heteroatoms. The standard InChI is InChI=1S/C21H19ClN2O3S/c1-2-24(13-14-6-4-3-5-7-14)21(27)23-19-17(20(25)26)12-18(28-19)15-8-10-16(22)11-9-15/h3-12H,2,13H2,1H3,(H,23,27)(H,25,26). The highest BCUT2D eigenvalue weighted by molar-refractivity contribution is 7.20. The van der Waals surface area contributed by atoms with Gasteiger partial charge in [-0.15, -0.1) is 11.3 Å². The molecule has 3 aromatic rings. The summed E-state index contributed by atoms with van der Waals surface area (Å²) in [6.45, 7) is 2.83. The van der Waals surface area contributed by atoms with Gasteiger partial charge in [0.1, 0.15) is 5.00 Å². The number of rotatable bonds is 6. The molecule has 144 valence electrons. The minimum Gasteiger partial charge on any atom is -0.478 e. The number of urea groups is 1. The third-order valence-corrected chi connectivity index (χ3v) is 5.55. The number of nitrogens with one attached hydrogen (secondary N) is 1. The van der Waals surface area contributed by atoms with Gasteiger partial charge in [-0.25, -0.2) is 9.59 Å². The maximum atomic E-state index is 12.7. The van der Waals surface area contributed by atoms with Crippen LogP contribution in [0, 0.1) is 0 Å². The van der Waals surface area contributed by atoms with E-state index in [4.69, 9.17) is 11.6 Å². The fourth-order valence-electron chi connectivity index (χ4n) is 2.71. The summed E-state index contributed by atoms with van der Waals surface area (Å²) in [7, 11) is 0. The van der Waals surface area contributed by atoms with Crippen LogP contribution in [0.1, 0.15) is 22.8 Å². The van der Waals surface area contributed by atoms with E-state index in [0.717, 1.165) is 16.0 Å². The Balaban J connectivity index is 1.82. The molecular formula is C21H19ClN2O3S. The lowest BCUT2D eigenvalue weighted by molar-refractivity contribution is 0.0698. The first-order valence-electron chi connectivity index (χ1n) is 8.71. The number of nitrogens with zero attached hydrogens (tertiary/aromatic N) is 1. The molecule has 2 aromatic carbocycles. The lowest BCUT2D eigenvalue weighted by atomic mass is 10.1. The third kappa shape index (κ3) is 4.71. The monoisotopic (exact) mass is 414 g/mol. The van der Waals surface area contributed by atoms with Crippen molar-refractivity contribution in [3.05, 3.63) is 76.8 Å². The smallest absolute Gasteiger partial charge is 0.338 e. The van der Waals surface area contributed by atoms with Crippen LogP contribution in [0.3, 0.4) is 0 Å². The van der Waals surface area contributed by atoms with E-state index in [1.807, 2.05) is 49.4 Å². The minimum absolute atomic E-state index is 0.0686. The minimum atomic E-state index is -1.09. The summed E-state index contributed by atoms with van der Waals surface area (Å²) < 4.78 is 0. The first-order chi connectivity index (χ1) is 13.5. The van der Waals surface area contributed by atoms with Gasteiger partial charge in [-0.1, -0.05) is 54.1 Å². The van der Waals surface area contributed by atoms with E-state index in [0.29, 0.717) is 23.1 Å². The zero-order valence-electron chi connectivity index (χ0n) is 15.2. The normalized spacial score (nSPS) is 10.5. The van der Waals surface area contributed by atoms with E-state index in [1.54, 1.807) is 23.1 Å². The molecule has 3 rings (SSSR count). The number of hydrogen-bond donors (Lipinski definition) is 2. The molecule has 28 heavy (non-hydrogen) atoms. The Hall–Kier alpha value is -2.83. The summed E-state index contributed by atoms with van der Waals surface area (Å²) >= 11 is 7.15. The van der Waals surface area contributed by atoms with Crippen LogP contribution in [0.5, 0.6) is 0 Å². The molecule has 0 saturated carbocycles. The van der Waals surface area contributed by atoms with Crippen molar-refractivity contribution in [3.63, 3.8) is 0 Å². The molecule has 1 aromatic heterocycles. The number of carboxylic acid groups (broad SMARTS) is 1. The Bertz CT molecular complexity index is 971. The Morgan fingerprint density at radius 1 is 1.11 bits per heavy atom. The molecule has 0 radical (unpaired) electrons. The van der Waals surface area contributed by atoms with Crippen LogP contribution in [0.25, 0.3) is 10.4 Å². The second-order valence-corrected chi connectivity index (χ2v) is 7.58. The van der Waals surface area contributed by atoms with Crippen LogP contribution >= 0.6 is 22.9 Å². The van der Waals surface area contributed by atoms with E-state index in [-0.39, 0.29) is 11.6 Å². The molecule has 5 nitrogen and oxygen atoms in total. The third-order valence-electron chi connectivity index (χ3n) is 4.20. The van der Waals surface area contributed by atoms with Crippen LogP contribution in [0.2, 0.25) is 5.02 Å². The number of thiophene rings is 1. The lowest BCUT2D eigenvalue weighted by Crippen LogP contribution is -2.34. The zero-order valence-corrected chi connectivity index (χ0v) is 16.8. The van der Waals surface area contributed by atoms with Gasteiger partial charge in [0.2, 0.25) is 0 Å². The number of halogens is 1. The number of benzene rings is 2. The molecule has 2 amide bonds. The molecule has 0 fully saturated rings. The van der Waals surface area contributed by atoms with E-state index >= 15 is 0 Å². The highest BCUT2D eigenvalue weighted by Gasteiger charge is 2.20. The Labute approximate surface area is 172 Å². The number of amides is 2.